The smallest absolute Gasteiger partial charge is 0.257 e. The van der Waals surface area contributed by atoms with E-state index in [2.05, 4.69) is 11.4 Å². The predicted molar refractivity (Wildman–Crippen MR) is 78.3 cm³/mol. The number of nitrogens with two attached hydrogens (primary N) is 1. The second-order valence-electron chi connectivity index (χ2n) is 5.02. The van der Waals surface area contributed by atoms with Gasteiger partial charge in [0, 0.05) is 9.75 Å². The maximum atomic E-state index is 13.7. The Labute approximate surface area is 124 Å². The molecular formula is C15H14F2N2OS. The number of fused-ring (bicyclic) bond motifs is 1. The number of carbonyl (C=O) groups excluding carboxylic acids is 1. The van der Waals surface area contributed by atoms with E-state index in [1.165, 1.54) is 16.9 Å². The first-order valence-electron chi connectivity index (χ1n) is 6.68. The molecule has 0 fully saturated rings. The van der Waals surface area contributed by atoms with Crippen molar-refractivity contribution in [1.82, 2.24) is 5.32 Å². The highest BCUT2D eigenvalue weighted by Crippen LogP contribution is 2.30. The van der Waals surface area contributed by atoms with Crippen LogP contribution in [-0.2, 0) is 19.4 Å². The van der Waals surface area contributed by atoms with Crippen molar-refractivity contribution >= 4 is 22.9 Å². The van der Waals surface area contributed by atoms with Gasteiger partial charge in [-0.1, -0.05) is 0 Å². The number of nitrogens with one attached hydrogen (secondary N) is 1. The molecule has 0 aliphatic heterocycles. The van der Waals surface area contributed by atoms with E-state index in [4.69, 9.17) is 5.73 Å². The summed E-state index contributed by atoms with van der Waals surface area (Å²) in [6, 6.07) is 4.15. The fourth-order valence-corrected chi connectivity index (χ4v) is 3.71. The number of anilines is 1. The highest BCUT2D eigenvalue weighted by atomic mass is 32.1. The van der Waals surface area contributed by atoms with Crippen molar-refractivity contribution < 1.29 is 13.6 Å². The van der Waals surface area contributed by atoms with Crippen LogP contribution in [0.2, 0.25) is 0 Å². The molecule has 21 heavy (non-hydrogen) atoms. The van der Waals surface area contributed by atoms with Gasteiger partial charge in [0.25, 0.3) is 5.91 Å². The van der Waals surface area contributed by atoms with Gasteiger partial charge in [-0.25, -0.2) is 8.78 Å². The molecule has 0 saturated carbocycles. The van der Waals surface area contributed by atoms with Gasteiger partial charge >= 0.3 is 0 Å². The highest BCUT2D eigenvalue weighted by Gasteiger charge is 2.20. The van der Waals surface area contributed by atoms with Crippen LogP contribution in [0.25, 0.3) is 0 Å². The summed E-state index contributed by atoms with van der Waals surface area (Å²) in [7, 11) is 0. The Morgan fingerprint density at radius 2 is 2.14 bits per heavy atom. The molecule has 0 radical (unpaired) electrons. The Bertz CT molecular complexity index is 690. The SMILES string of the molecule is Nc1ccc(F)c(C(=O)NCc2cc3c(s2)CCC3)c1F. The quantitative estimate of drug-likeness (QED) is 0.856. The monoisotopic (exact) mass is 308 g/mol. The van der Waals surface area contributed by atoms with E-state index in [1.807, 2.05) is 0 Å². The summed E-state index contributed by atoms with van der Waals surface area (Å²) in [5.41, 5.74) is 5.82. The molecule has 1 aliphatic rings. The van der Waals surface area contributed by atoms with Gasteiger partial charge in [-0.3, -0.25) is 4.79 Å². The van der Waals surface area contributed by atoms with Gasteiger partial charge in [-0.05, 0) is 43.0 Å². The normalized spacial score (nSPS) is 13.2. The molecule has 0 unspecified atom stereocenters. The van der Waals surface area contributed by atoms with Crippen LogP contribution in [0.5, 0.6) is 0 Å². The van der Waals surface area contributed by atoms with Gasteiger partial charge in [0.2, 0.25) is 0 Å². The molecule has 0 spiro atoms. The Balaban J connectivity index is 1.73. The number of halogens is 2. The van der Waals surface area contributed by atoms with Crippen molar-refractivity contribution in [2.45, 2.75) is 25.8 Å². The Morgan fingerprint density at radius 1 is 1.33 bits per heavy atom. The number of hydrogen-bond acceptors (Lipinski definition) is 3. The first-order valence-corrected chi connectivity index (χ1v) is 7.50. The van der Waals surface area contributed by atoms with Gasteiger partial charge in [0.1, 0.15) is 11.4 Å². The molecule has 0 atom stereocenters. The van der Waals surface area contributed by atoms with Crippen molar-refractivity contribution in [3.8, 4) is 0 Å². The zero-order chi connectivity index (χ0) is 15.0. The van der Waals surface area contributed by atoms with Gasteiger partial charge < -0.3 is 11.1 Å². The van der Waals surface area contributed by atoms with E-state index in [0.717, 1.165) is 29.9 Å². The van der Waals surface area contributed by atoms with Crippen LogP contribution in [0.1, 0.15) is 32.1 Å². The first kappa shape index (κ1) is 14.0. The van der Waals surface area contributed by atoms with Crippen molar-refractivity contribution in [2.24, 2.45) is 0 Å². The van der Waals surface area contributed by atoms with E-state index in [0.29, 0.717) is 0 Å². The molecule has 1 aliphatic carbocycles. The average Bonchev–Trinajstić information content (AvgIpc) is 3.02. The van der Waals surface area contributed by atoms with Crippen molar-refractivity contribution in [2.75, 3.05) is 5.73 Å². The van der Waals surface area contributed by atoms with Crippen molar-refractivity contribution in [3.05, 3.63) is 50.7 Å². The fourth-order valence-electron chi connectivity index (χ4n) is 2.51. The van der Waals surface area contributed by atoms with E-state index in [1.54, 1.807) is 11.3 Å². The molecule has 3 rings (SSSR count). The van der Waals surface area contributed by atoms with Crippen LogP contribution >= 0.6 is 11.3 Å². The average molecular weight is 308 g/mol. The third-order valence-corrected chi connectivity index (χ3v) is 4.81. The van der Waals surface area contributed by atoms with Gasteiger partial charge in [-0.2, -0.15) is 0 Å². The summed E-state index contributed by atoms with van der Waals surface area (Å²) in [5, 5.41) is 2.55. The summed E-state index contributed by atoms with van der Waals surface area (Å²) < 4.78 is 27.3. The maximum Gasteiger partial charge on any atom is 0.257 e. The molecule has 1 aromatic heterocycles. The number of carbonyl (C=O) groups is 1. The molecular weight excluding hydrogens is 294 g/mol. The van der Waals surface area contributed by atoms with Crippen LogP contribution in [0.4, 0.5) is 14.5 Å². The summed E-state index contributed by atoms with van der Waals surface area (Å²) >= 11 is 1.64. The number of aryl methyl sites for hydroxylation is 2. The third-order valence-electron chi connectivity index (χ3n) is 3.57. The molecule has 1 heterocycles. The molecule has 0 bridgehead atoms. The standard InChI is InChI=1S/C15H14F2N2OS/c16-10-4-5-11(18)14(17)13(10)15(20)19-7-9-6-8-2-1-3-12(8)21-9/h4-6H,1-3,7,18H2,(H,19,20). The largest absolute Gasteiger partial charge is 0.396 e. The lowest BCUT2D eigenvalue weighted by Gasteiger charge is -2.07. The van der Waals surface area contributed by atoms with E-state index in [9.17, 15) is 13.6 Å². The lowest BCUT2D eigenvalue weighted by molar-refractivity contribution is 0.0943. The maximum absolute atomic E-state index is 13.7. The van der Waals surface area contributed by atoms with E-state index < -0.39 is 23.1 Å². The summed E-state index contributed by atoms with van der Waals surface area (Å²) in [6.45, 7) is 0.268. The van der Waals surface area contributed by atoms with Crippen LogP contribution in [0.15, 0.2) is 18.2 Å². The minimum atomic E-state index is -1.01. The minimum absolute atomic E-state index is 0.239. The van der Waals surface area contributed by atoms with Crippen LogP contribution in [-0.4, -0.2) is 5.91 Å². The second-order valence-corrected chi connectivity index (χ2v) is 6.24. The third kappa shape index (κ3) is 2.63. The van der Waals surface area contributed by atoms with Gasteiger partial charge in [-0.15, -0.1) is 11.3 Å². The summed E-state index contributed by atoms with van der Waals surface area (Å²) in [5.74, 6) is -2.71. The van der Waals surface area contributed by atoms with Crippen LogP contribution < -0.4 is 11.1 Å². The van der Waals surface area contributed by atoms with Crippen LogP contribution in [0.3, 0.4) is 0 Å². The topological polar surface area (TPSA) is 55.1 Å². The predicted octanol–water partition coefficient (Wildman–Crippen LogP) is 3.03. The minimum Gasteiger partial charge on any atom is -0.396 e. The number of benzene rings is 1. The van der Waals surface area contributed by atoms with Crippen molar-refractivity contribution in [3.63, 3.8) is 0 Å². The number of amides is 1. The zero-order valence-electron chi connectivity index (χ0n) is 11.2. The van der Waals surface area contributed by atoms with Gasteiger partial charge in [0.15, 0.2) is 5.82 Å². The second kappa shape index (κ2) is 5.44. The summed E-state index contributed by atoms with van der Waals surface area (Å²) in [4.78, 5) is 14.3. The molecule has 6 heteroatoms. The lowest BCUT2D eigenvalue weighted by Crippen LogP contribution is -2.25. The van der Waals surface area contributed by atoms with E-state index in [-0.39, 0.29) is 12.2 Å². The number of hydrogen-bond donors (Lipinski definition) is 2. The highest BCUT2D eigenvalue weighted by molar-refractivity contribution is 7.12. The lowest BCUT2D eigenvalue weighted by atomic mass is 10.1. The summed E-state index contributed by atoms with van der Waals surface area (Å²) in [6.07, 6.45) is 3.32. The molecule has 1 aromatic carbocycles. The Hall–Kier alpha value is -1.95. The first-order chi connectivity index (χ1) is 10.1. The molecule has 110 valence electrons. The van der Waals surface area contributed by atoms with Crippen molar-refractivity contribution in [1.29, 1.82) is 0 Å². The molecule has 2 aromatic rings. The number of thiophene rings is 1. The molecule has 3 N–H and O–H groups in total. The van der Waals surface area contributed by atoms with E-state index >= 15 is 0 Å². The zero-order valence-corrected chi connectivity index (χ0v) is 12.0. The van der Waals surface area contributed by atoms with Gasteiger partial charge in [0.05, 0.1) is 12.2 Å². The fraction of sp³-hybridized carbons (Fsp3) is 0.267. The molecule has 3 nitrogen and oxygen atoms in total. The molecule has 0 saturated heterocycles. The number of rotatable bonds is 3. The Morgan fingerprint density at radius 3 is 2.90 bits per heavy atom. The molecule has 1 amide bonds. The van der Waals surface area contributed by atoms with Crippen LogP contribution in [0, 0.1) is 11.6 Å². The number of nitrogen functional groups attached to an aromatic ring is 1. The Kier molecular flexibility index (Phi) is 3.63.